The lowest BCUT2D eigenvalue weighted by molar-refractivity contribution is -0.151. The fraction of sp³-hybridized carbons (Fsp3) is 0.417. The molecule has 1 aliphatic rings. The van der Waals surface area contributed by atoms with E-state index < -0.39 is 10.0 Å². The molecule has 2 aromatic carbocycles. The number of nitrogens with zero attached hydrogens (tertiary/aromatic N) is 1. The van der Waals surface area contributed by atoms with Gasteiger partial charge in [-0.15, -0.1) is 0 Å². The van der Waals surface area contributed by atoms with Gasteiger partial charge in [-0.05, 0) is 75.1 Å². The Kier molecular flexibility index (Phi) is 7.97. The number of esters is 1. The van der Waals surface area contributed by atoms with Crippen LogP contribution < -0.4 is 9.46 Å². The number of aryl methyl sites for hydroxylation is 2. The van der Waals surface area contributed by atoms with Crippen LogP contribution in [0.4, 0.5) is 5.69 Å². The highest BCUT2D eigenvalue weighted by molar-refractivity contribution is 7.92. The van der Waals surface area contributed by atoms with Crippen molar-refractivity contribution < 1.29 is 27.5 Å². The Morgan fingerprint density at radius 1 is 1.06 bits per heavy atom. The zero-order chi connectivity index (χ0) is 24.0. The number of piperidine rings is 1. The minimum absolute atomic E-state index is 0.100. The van der Waals surface area contributed by atoms with Gasteiger partial charge in [-0.1, -0.05) is 12.1 Å². The number of carbonyl (C=O) groups is 2. The lowest BCUT2D eigenvalue weighted by Gasteiger charge is -2.30. The fourth-order valence-corrected chi connectivity index (χ4v) is 4.75. The van der Waals surface area contributed by atoms with Gasteiger partial charge < -0.3 is 14.4 Å². The number of likely N-dealkylation sites (tertiary alicyclic amines) is 1. The molecule has 0 unspecified atom stereocenters. The van der Waals surface area contributed by atoms with Gasteiger partial charge in [0.1, 0.15) is 5.75 Å². The lowest BCUT2D eigenvalue weighted by atomic mass is 9.97. The summed E-state index contributed by atoms with van der Waals surface area (Å²) in [5.74, 6) is -0.148. The van der Waals surface area contributed by atoms with E-state index in [0.717, 1.165) is 11.1 Å². The third-order valence-electron chi connectivity index (χ3n) is 5.60. The van der Waals surface area contributed by atoms with E-state index in [1.54, 1.807) is 17.9 Å². The van der Waals surface area contributed by atoms with Crippen molar-refractivity contribution in [2.75, 3.05) is 31.0 Å². The van der Waals surface area contributed by atoms with Gasteiger partial charge in [0, 0.05) is 13.1 Å². The first-order chi connectivity index (χ1) is 15.7. The summed E-state index contributed by atoms with van der Waals surface area (Å²) >= 11 is 0. The molecule has 1 N–H and O–H groups in total. The monoisotopic (exact) mass is 474 g/mol. The van der Waals surface area contributed by atoms with Crippen molar-refractivity contribution in [2.24, 2.45) is 5.92 Å². The predicted octanol–water partition coefficient (Wildman–Crippen LogP) is 3.28. The Labute approximate surface area is 194 Å². The minimum Gasteiger partial charge on any atom is -0.484 e. The molecule has 1 aliphatic heterocycles. The van der Waals surface area contributed by atoms with Crippen molar-refractivity contribution >= 4 is 27.6 Å². The molecule has 8 nitrogen and oxygen atoms in total. The Hall–Kier alpha value is -3.07. The number of sulfonamides is 1. The van der Waals surface area contributed by atoms with Crippen LogP contribution in [0.2, 0.25) is 0 Å². The van der Waals surface area contributed by atoms with Crippen LogP contribution in [0.15, 0.2) is 47.4 Å². The number of nitrogens with one attached hydrogen (secondary N) is 1. The van der Waals surface area contributed by atoms with E-state index in [2.05, 4.69) is 4.72 Å². The number of hydrogen-bond donors (Lipinski definition) is 1. The van der Waals surface area contributed by atoms with Gasteiger partial charge in [-0.2, -0.15) is 0 Å². The molecule has 0 saturated carbocycles. The first kappa shape index (κ1) is 24.6. The van der Waals surface area contributed by atoms with Crippen LogP contribution in [-0.4, -0.2) is 51.5 Å². The van der Waals surface area contributed by atoms with Crippen LogP contribution in [0.5, 0.6) is 5.75 Å². The molecule has 2 aromatic rings. The molecule has 1 heterocycles. The first-order valence-electron chi connectivity index (χ1n) is 11.0. The molecule has 1 fully saturated rings. The fourth-order valence-electron chi connectivity index (χ4n) is 3.63. The van der Waals surface area contributed by atoms with Crippen molar-refractivity contribution in [1.29, 1.82) is 0 Å². The smallest absolute Gasteiger partial charge is 0.309 e. The van der Waals surface area contributed by atoms with E-state index in [9.17, 15) is 18.0 Å². The SMILES string of the molecule is CCOC(=O)C1CCN(C(=O)COc2ccc(S(=O)(=O)Nc3cc(C)ccc3C)cc2)CC1. The van der Waals surface area contributed by atoms with Crippen LogP contribution >= 0.6 is 0 Å². The Balaban J connectivity index is 1.53. The van der Waals surface area contributed by atoms with Crippen LogP contribution in [0.25, 0.3) is 0 Å². The number of ether oxygens (including phenoxy) is 2. The highest BCUT2D eigenvalue weighted by atomic mass is 32.2. The molecule has 9 heteroatoms. The third-order valence-corrected chi connectivity index (χ3v) is 6.98. The van der Waals surface area contributed by atoms with Gasteiger partial charge in [-0.3, -0.25) is 14.3 Å². The van der Waals surface area contributed by atoms with E-state index in [4.69, 9.17) is 9.47 Å². The van der Waals surface area contributed by atoms with Gasteiger partial charge in [0.2, 0.25) is 0 Å². The number of amides is 1. The topological polar surface area (TPSA) is 102 Å². The second-order valence-electron chi connectivity index (χ2n) is 8.09. The normalized spacial score (nSPS) is 14.6. The zero-order valence-corrected chi connectivity index (χ0v) is 20.0. The summed E-state index contributed by atoms with van der Waals surface area (Å²) < 4.78 is 38.7. The number of carbonyl (C=O) groups excluding carboxylic acids is 2. The molecule has 33 heavy (non-hydrogen) atoms. The number of anilines is 1. The van der Waals surface area contributed by atoms with Crippen molar-refractivity contribution in [3.63, 3.8) is 0 Å². The van der Waals surface area contributed by atoms with Crippen molar-refractivity contribution in [1.82, 2.24) is 4.90 Å². The lowest BCUT2D eigenvalue weighted by Crippen LogP contribution is -2.42. The standard InChI is InChI=1S/C24H30N2O6S/c1-4-31-24(28)19-11-13-26(14-12-19)23(27)16-32-20-7-9-21(10-8-20)33(29,30)25-22-15-17(2)5-6-18(22)3/h5-10,15,19,25H,4,11-14,16H2,1-3H3. The van der Waals surface area contributed by atoms with Crippen molar-refractivity contribution in [3.05, 3.63) is 53.6 Å². The number of benzene rings is 2. The van der Waals surface area contributed by atoms with Gasteiger partial charge in [0.05, 0.1) is 23.1 Å². The zero-order valence-electron chi connectivity index (χ0n) is 19.2. The van der Waals surface area contributed by atoms with Crippen LogP contribution in [0.1, 0.15) is 30.9 Å². The van der Waals surface area contributed by atoms with Gasteiger partial charge in [-0.25, -0.2) is 8.42 Å². The molecule has 0 aliphatic carbocycles. The van der Waals surface area contributed by atoms with Crippen LogP contribution in [-0.2, 0) is 24.3 Å². The molecule has 0 radical (unpaired) electrons. The quantitative estimate of drug-likeness (QED) is 0.589. The minimum atomic E-state index is -3.75. The summed E-state index contributed by atoms with van der Waals surface area (Å²) in [4.78, 5) is 26.0. The second kappa shape index (κ2) is 10.7. The molecular formula is C24H30N2O6S. The molecule has 178 valence electrons. The molecule has 0 atom stereocenters. The average Bonchev–Trinajstić information content (AvgIpc) is 2.80. The van der Waals surface area contributed by atoms with Crippen LogP contribution in [0.3, 0.4) is 0 Å². The average molecular weight is 475 g/mol. The highest BCUT2D eigenvalue weighted by Crippen LogP contribution is 2.23. The van der Waals surface area contributed by atoms with Gasteiger partial charge in [0.15, 0.2) is 6.61 Å². The summed E-state index contributed by atoms with van der Waals surface area (Å²) in [7, 11) is -3.75. The van der Waals surface area contributed by atoms with E-state index >= 15 is 0 Å². The molecule has 0 spiro atoms. The predicted molar refractivity (Wildman–Crippen MR) is 125 cm³/mol. The van der Waals surface area contributed by atoms with E-state index in [0.29, 0.717) is 44.0 Å². The summed E-state index contributed by atoms with van der Waals surface area (Å²) in [5.41, 5.74) is 2.32. The third kappa shape index (κ3) is 6.47. The Morgan fingerprint density at radius 2 is 1.73 bits per heavy atom. The van der Waals surface area contributed by atoms with Gasteiger partial charge >= 0.3 is 5.97 Å². The van der Waals surface area contributed by atoms with E-state index in [1.807, 2.05) is 26.0 Å². The molecule has 1 amide bonds. The summed E-state index contributed by atoms with van der Waals surface area (Å²) in [6.07, 6.45) is 1.15. The van der Waals surface area contributed by atoms with Crippen LogP contribution in [0, 0.1) is 19.8 Å². The van der Waals surface area contributed by atoms with E-state index in [1.165, 1.54) is 24.3 Å². The van der Waals surface area contributed by atoms with Gasteiger partial charge in [0.25, 0.3) is 15.9 Å². The Bertz CT molecular complexity index is 1090. The molecule has 0 bridgehead atoms. The number of rotatable bonds is 8. The summed E-state index contributed by atoms with van der Waals surface area (Å²) in [6, 6.07) is 11.5. The largest absolute Gasteiger partial charge is 0.484 e. The maximum absolute atomic E-state index is 12.7. The molecule has 1 saturated heterocycles. The first-order valence-corrected chi connectivity index (χ1v) is 12.4. The molecule has 0 aromatic heterocycles. The highest BCUT2D eigenvalue weighted by Gasteiger charge is 2.28. The summed E-state index contributed by atoms with van der Waals surface area (Å²) in [5, 5.41) is 0. The molecule has 3 rings (SSSR count). The van der Waals surface area contributed by atoms with Crippen molar-refractivity contribution in [2.45, 2.75) is 38.5 Å². The maximum Gasteiger partial charge on any atom is 0.309 e. The summed E-state index contributed by atoms with van der Waals surface area (Å²) in [6.45, 7) is 6.67. The maximum atomic E-state index is 12.7. The molecular weight excluding hydrogens is 444 g/mol. The Morgan fingerprint density at radius 3 is 2.36 bits per heavy atom. The number of hydrogen-bond acceptors (Lipinski definition) is 6. The van der Waals surface area contributed by atoms with Crippen molar-refractivity contribution in [3.8, 4) is 5.75 Å². The second-order valence-corrected chi connectivity index (χ2v) is 9.77. The van der Waals surface area contributed by atoms with E-state index in [-0.39, 0.29) is 29.3 Å².